The van der Waals surface area contributed by atoms with Crippen molar-refractivity contribution in [1.82, 2.24) is 0 Å². The first kappa shape index (κ1) is 12.8. The SMILES string of the molecule is O=C(Nc1cccc(I)c1)c1ccc(I)cc1. The van der Waals surface area contributed by atoms with Gasteiger partial charge in [0.2, 0.25) is 0 Å². The number of hydrogen-bond donors (Lipinski definition) is 1. The highest BCUT2D eigenvalue weighted by Gasteiger charge is 2.05. The molecule has 0 aliphatic rings. The first-order chi connectivity index (χ1) is 8.15. The maximum Gasteiger partial charge on any atom is 0.255 e. The Hall–Kier alpha value is -0.630. The van der Waals surface area contributed by atoms with Crippen LogP contribution in [-0.2, 0) is 0 Å². The highest BCUT2D eigenvalue weighted by atomic mass is 127. The monoisotopic (exact) mass is 449 g/mol. The van der Waals surface area contributed by atoms with Crippen molar-refractivity contribution in [2.75, 3.05) is 5.32 Å². The molecule has 2 aromatic carbocycles. The first-order valence-electron chi connectivity index (χ1n) is 4.97. The van der Waals surface area contributed by atoms with Crippen LogP contribution in [0.5, 0.6) is 0 Å². The van der Waals surface area contributed by atoms with Gasteiger partial charge in [0.1, 0.15) is 0 Å². The number of nitrogens with one attached hydrogen (secondary N) is 1. The van der Waals surface area contributed by atoms with Crippen LogP contribution in [0.3, 0.4) is 0 Å². The molecule has 0 atom stereocenters. The van der Waals surface area contributed by atoms with E-state index in [-0.39, 0.29) is 5.91 Å². The number of carbonyl (C=O) groups is 1. The molecule has 2 rings (SSSR count). The van der Waals surface area contributed by atoms with Crippen molar-refractivity contribution >= 4 is 56.8 Å². The largest absolute Gasteiger partial charge is 0.322 e. The highest BCUT2D eigenvalue weighted by molar-refractivity contribution is 14.1. The third-order valence-corrected chi connectivity index (χ3v) is 3.58. The lowest BCUT2D eigenvalue weighted by molar-refractivity contribution is 0.102. The van der Waals surface area contributed by atoms with E-state index in [0.29, 0.717) is 5.56 Å². The Kier molecular flexibility index (Phi) is 4.38. The summed E-state index contributed by atoms with van der Waals surface area (Å²) in [6.45, 7) is 0. The Bertz CT molecular complexity index is 537. The minimum atomic E-state index is -0.0802. The smallest absolute Gasteiger partial charge is 0.255 e. The van der Waals surface area contributed by atoms with Gasteiger partial charge in [-0.05, 0) is 87.6 Å². The standard InChI is InChI=1S/C13H9I2NO/c14-10-6-4-9(5-7-10)13(17)16-12-3-1-2-11(15)8-12/h1-8H,(H,16,17). The second-order valence-corrected chi connectivity index (χ2v) is 5.96. The predicted molar refractivity (Wildman–Crippen MR) is 86.3 cm³/mol. The maximum absolute atomic E-state index is 11.9. The lowest BCUT2D eigenvalue weighted by Gasteiger charge is -2.05. The molecular formula is C13H9I2NO. The van der Waals surface area contributed by atoms with Crippen molar-refractivity contribution in [3.05, 3.63) is 61.2 Å². The summed E-state index contributed by atoms with van der Waals surface area (Å²) in [5, 5.41) is 2.87. The van der Waals surface area contributed by atoms with E-state index in [0.717, 1.165) is 12.8 Å². The van der Waals surface area contributed by atoms with E-state index >= 15 is 0 Å². The van der Waals surface area contributed by atoms with Gasteiger partial charge in [-0.1, -0.05) is 6.07 Å². The Morgan fingerprint density at radius 1 is 0.941 bits per heavy atom. The number of carbonyl (C=O) groups excluding carboxylic acids is 1. The molecule has 0 aliphatic carbocycles. The van der Waals surface area contributed by atoms with Crippen LogP contribution in [0.4, 0.5) is 5.69 Å². The van der Waals surface area contributed by atoms with Gasteiger partial charge in [-0.15, -0.1) is 0 Å². The summed E-state index contributed by atoms with van der Waals surface area (Å²) >= 11 is 4.43. The molecule has 0 unspecified atom stereocenters. The average Bonchev–Trinajstić information content (AvgIpc) is 2.29. The third-order valence-electron chi connectivity index (χ3n) is 2.19. The summed E-state index contributed by atoms with van der Waals surface area (Å²) in [5.74, 6) is -0.0802. The maximum atomic E-state index is 11.9. The van der Waals surface area contributed by atoms with E-state index in [2.05, 4.69) is 50.5 Å². The van der Waals surface area contributed by atoms with E-state index in [9.17, 15) is 4.79 Å². The minimum absolute atomic E-state index is 0.0802. The Morgan fingerprint density at radius 3 is 2.29 bits per heavy atom. The van der Waals surface area contributed by atoms with E-state index in [4.69, 9.17) is 0 Å². The van der Waals surface area contributed by atoms with Crippen molar-refractivity contribution in [2.45, 2.75) is 0 Å². The lowest BCUT2D eigenvalue weighted by Crippen LogP contribution is -2.11. The van der Waals surface area contributed by atoms with Crippen LogP contribution in [0, 0.1) is 7.14 Å². The van der Waals surface area contributed by atoms with E-state index < -0.39 is 0 Å². The summed E-state index contributed by atoms with van der Waals surface area (Å²) in [4.78, 5) is 11.9. The van der Waals surface area contributed by atoms with Crippen molar-refractivity contribution in [2.24, 2.45) is 0 Å². The first-order valence-corrected chi connectivity index (χ1v) is 7.13. The van der Waals surface area contributed by atoms with Gasteiger partial charge in [0.15, 0.2) is 0 Å². The molecule has 4 heteroatoms. The van der Waals surface area contributed by atoms with Gasteiger partial charge in [0, 0.05) is 18.4 Å². The van der Waals surface area contributed by atoms with Crippen LogP contribution in [0.25, 0.3) is 0 Å². The zero-order chi connectivity index (χ0) is 12.3. The molecule has 2 nitrogen and oxygen atoms in total. The summed E-state index contributed by atoms with van der Waals surface area (Å²) in [6, 6.07) is 15.2. The van der Waals surface area contributed by atoms with Crippen molar-refractivity contribution in [3.63, 3.8) is 0 Å². The number of rotatable bonds is 2. The van der Waals surface area contributed by atoms with Crippen molar-refractivity contribution in [1.29, 1.82) is 0 Å². The van der Waals surface area contributed by atoms with Gasteiger partial charge in [-0.25, -0.2) is 0 Å². The van der Waals surface area contributed by atoms with Gasteiger partial charge in [0.05, 0.1) is 0 Å². The fraction of sp³-hybridized carbons (Fsp3) is 0. The van der Waals surface area contributed by atoms with Crippen LogP contribution >= 0.6 is 45.2 Å². The Balaban J connectivity index is 2.14. The molecule has 86 valence electrons. The van der Waals surface area contributed by atoms with Crippen LogP contribution in [0.15, 0.2) is 48.5 Å². The average molecular weight is 449 g/mol. The molecule has 0 radical (unpaired) electrons. The summed E-state index contributed by atoms with van der Waals surface area (Å²) in [5.41, 5.74) is 1.49. The van der Waals surface area contributed by atoms with E-state index in [1.165, 1.54) is 0 Å². The molecule has 0 saturated carbocycles. The third kappa shape index (κ3) is 3.67. The van der Waals surface area contributed by atoms with Crippen molar-refractivity contribution < 1.29 is 4.79 Å². The van der Waals surface area contributed by atoms with Crippen LogP contribution in [0.2, 0.25) is 0 Å². The highest BCUT2D eigenvalue weighted by Crippen LogP contribution is 2.14. The zero-order valence-corrected chi connectivity index (χ0v) is 13.1. The van der Waals surface area contributed by atoms with E-state index in [1.807, 2.05) is 48.5 Å². The van der Waals surface area contributed by atoms with Gasteiger partial charge < -0.3 is 5.32 Å². The molecule has 0 aliphatic heterocycles. The molecule has 17 heavy (non-hydrogen) atoms. The van der Waals surface area contributed by atoms with Gasteiger partial charge in [0.25, 0.3) is 5.91 Å². The molecule has 0 saturated heterocycles. The molecule has 2 aromatic rings. The molecular weight excluding hydrogens is 440 g/mol. The van der Waals surface area contributed by atoms with Crippen molar-refractivity contribution in [3.8, 4) is 0 Å². The second kappa shape index (κ2) is 5.81. The second-order valence-electron chi connectivity index (χ2n) is 3.47. The van der Waals surface area contributed by atoms with Crippen LogP contribution in [0.1, 0.15) is 10.4 Å². The fourth-order valence-electron chi connectivity index (χ4n) is 1.37. The Labute approximate surface area is 127 Å². The molecule has 0 fully saturated rings. The summed E-state index contributed by atoms with van der Waals surface area (Å²) in [6.07, 6.45) is 0. The molecule has 1 amide bonds. The number of anilines is 1. The van der Waals surface area contributed by atoms with E-state index in [1.54, 1.807) is 0 Å². The molecule has 0 aromatic heterocycles. The molecule has 0 heterocycles. The van der Waals surface area contributed by atoms with Gasteiger partial charge >= 0.3 is 0 Å². The van der Waals surface area contributed by atoms with Gasteiger partial charge in [-0.3, -0.25) is 4.79 Å². The molecule has 0 bridgehead atoms. The van der Waals surface area contributed by atoms with Crippen LogP contribution in [-0.4, -0.2) is 5.91 Å². The number of halogens is 2. The summed E-state index contributed by atoms with van der Waals surface area (Å²) < 4.78 is 2.22. The topological polar surface area (TPSA) is 29.1 Å². The quantitative estimate of drug-likeness (QED) is 0.687. The lowest BCUT2D eigenvalue weighted by atomic mass is 10.2. The normalized spacial score (nSPS) is 10.0. The number of hydrogen-bond acceptors (Lipinski definition) is 1. The summed E-state index contributed by atoms with van der Waals surface area (Å²) in [7, 11) is 0. The number of amides is 1. The molecule has 1 N–H and O–H groups in total. The zero-order valence-electron chi connectivity index (χ0n) is 8.78. The minimum Gasteiger partial charge on any atom is -0.322 e. The van der Waals surface area contributed by atoms with Gasteiger partial charge in [-0.2, -0.15) is 0 Å². The molecule has 0 spiro atoms. The Morgan fingerprint density at radius 2 is 1.65 bits per heavy atom. The predicted octanol–water partition coefficient (Wildman–Crippen LogP) is 4.15. The van der Waals surface area contributed by atoms with Crippen LogP contribution < -0.4 is 5.32 Å². The fourth-order valence-corrected chi connectivity index (χ4v) is 2.27. The number of benzene rings is 2.